The van der Waals surface area contributed by atoms with Gasteiger partial charge in [0.25, 0.3) is 0 Å². The molecule has 3 aromatic heterocycles. The van der Waals surface area contributed by atoms with Gasteiger partial charge in [-0.05, 0) is 83.2 Å². The zero-order valence-electron chi connectivity index (χ0n) is 32.1. The minimum absolute atomic E-state index is 0.317. The monoisotopic (exact) mass is 845 g/mol. The van der Waals surface area contributed by atoms with Crippen molar-refractivity contribution in [2.45, 2.75) is 19.4 Å². The number of imidazole rings is 2. The molecule has 0 aliphatic carbocycles. The van der Waals surface area contributed by atoms with Gasteiger partial charge in [-0.15, -0.1) is 0 Å². The number of benzene rings is 5. The lowest BCUT2D eigenvalue weighted by molar-refractivity contribution is -0.137. The first-order valence-electron chi connectivity index (χ1n) is 18.3. The highest BCUT2D eigenvalue weighted by Crippen LogP contribution is 2.36. The minimum Gasteiger partial charge on any atom is -0.496 e. The topological polar surface area (TPSA) is 118 Å². The van der Waals surface area contributed by atoms with Crippen LogP contribution in [0.3, 0.4) is 0 Å². The van der Waals surface area contributed by atoms with Crippen LogP contribution in [-0.4, -0.2) is 34.2 Å². The Kier molecular flexibility index (Phi) is 12.8. The fourth-order valence-electron chi connectivity index (χ4n) is 6.01. The average Bonchev–Trinajstić information content (AvgIpc) is 4.09. The lowest BCUT2D eigenvalue weighted by Gasteiger charge is -2.11. The summed E-state index contributed by atoms with van der Waals surface area (Å²) in [5, 5.41) is 13.7. The number of nitriles is 1. The molecule has 5 aromatic carbocycles. The summed E-state index contributed by atoms with van der Waals surface area (Å²) in [5.41, 5.74) is 6.33. The molecular weight excluding hydrogens is 811 g/mol. The maximum absolute atomic E-state index is 13.0. The smallest absolute Gasteiger partial charge is 0.416 e. The highest BCUT2D eigenvalue weighted by Gasteiger charge is 2.30. The standard InChI is InChI=1S/C25H18F3N3O2.C21H17ClN2O2S/c1-32-23-12-20(33-15-17-7-5-16(13-29)6-8-17)9-10-21(23)22-14-30-24(31-22)18-3-2-4-19(11-18)25(26,27)28;1-25-20-10-17(26-12-14-2-4-16(22)5-3-14)6-7-18(20)19-11-23-21(24-19)15-8-9-27-13-15/h2-12,14H,15H2,1H3,(H,30,31);2-11,13H,12H2,1H3,(H,23,24). The highest BCUT2D eigenvalue weighted by molar-refractivity contribution is 7.08. The summed E-state index contributed by atoms with van der Waals surface area (Å²) in [6.45, 7) is 0.782. The Hall–Kier alpha value is -7.01. The number of aromatic amines is 2. The van der Waals surface area contributed by atoms with Crippen LogP contribution in [0.4, 0.5) is 13.2 Å². The van der Waals surface area contributed by atoms with E-state index in [2.05, 4.69) is 31.4 Å². The first kappa shape index (κ1) is 41.2. The van der Waals surface area contributed by atoms with E-state index < -0.39 is 11.7 Å². The van der Waals surface area contributed by atoms with Gasteiger partial charge in [0.05, 0.1) is 55.2 Å². The number of nitrogens with zero attached hydrogens (tertiary/aromatic N) is 3. The molecule has 14 heteroatoms. The number of alkyl halides is 3. The second-order valence-corrected chi connectivity index (χ2v) is 14.3. The molecule has 0 aliphatic rings. The van der Waals surface area contributed by atoms with Gasteiger partial charge in [0, 0.05) is 44.8 Å². The molecule has 0 saturated heterocycles. The minimum atomic E-state index is -4.43. The van der Waals surface area contributed by atoms with Crippen molar-refractivity contribution in [3.8, 4) is 74.4 Å². The number of rotatable bonds is 12. The molecular formula is C46H35ClF3N5O4S. The molecule has 0 aliphatic heterocycles. The van der Waals surface area contributed by atoms with Crippen LogP contribution >= 0.6 is 22.9 Å². The van der Waals surface area contributed by atoms with E-state index in [0.29, 0.717) is 57.9 Å². The number of nitrogens with one attached hydrogen (secondary N) is 2. The molecule has 60 heavy (non-hydrogen) atoms. The van der Waals surface area contributed by atoms with Crippen molar-refractivity contribution in [3.63, 3.8) is 0 Å². The molecule has 0 fully saturated rings. The van der Waals surface area contributed by atoms with Crippen LogP contribution in [-0.2, 0) is 19.4 Å². The molecule has 3 heterocycles. The van der Waals surface area contributed by atoms with E-state index in [9.17, 15) is 13.2 Å². The Morgan fingerprint density at radius 1 is 0.683 bits per heavy atom. The van der Waals surface area contributed by atoms with Gasteiger partial charge < -0.3 is 28.9 Å². The zero-order chi connectivity index (χ0) is 42.1. The number of methoxy groups -OCH3 is 2. The van der Waals surface area contributed by atoms with Crippen LogP contribution in [0.25, 0.3) is 45.3 Å². The van der Waals surface area contributed by atoms with Crippen LogP contribution < -0.4 is 18.9 Å². The third kappa shape index (κ3) is 10.2. The normalized spacial score (nSPS) is 10.9. The van der Waals surface area contributed by atoms with Crippen LogP contribution in [0.5, 0.6) is 23.0 Å². The number of thiophene rings is 1. The van der Waals surface area contributed by atoms with Crippen LogP contribution in [0, 0.1) is 11.3 Å². The summed E-state index contributed by atoms with van der Waals surface area (Å²) in [6.07, 6.45) is -1.06. The van der Waals surface area contributed by atoms with E-state index in [0.717, 1.165) is 57.4 Å². The second kappa shape index (κ2) is 18.7. The molecule has 0 spiro atoms. The van der Waals surface area contributed by atoms with Gasteiger partial charge in [0.2, 0.25) is 0 Å². The summed E-state index contributed by atoms with van der Waals surface area (Å²) < 4.78 is 61.8. The molecule has 8 aromatic rings. The van der Waals surface area contributed by atoms with Crippen molar-refractivity contribution in [1.82, 2.24) is 19.9 Å². The molecule has 0 amide bonds. The molecule has 9 nitrogen and oxygen atoms in total. The van der Waals surface area contributed by atoms with E-state index in [-0.39, 0.29) is 0 Å². The van der Waals surface area contributed by atoms with Gasteiger partial charge >= 0.3 is 6.18 Å². The number of H-pyrrole nitrogens is 2. The van der Waals surface area contributed by atoms with Crippen molar-refractivity contribution in [3.05, 3.63) is 166 Å². The van der Waals surface area contributed by atoms with Gasteiger partial charge in [-0.2, -0.15) is 29.8 Å². The van der Waals surface area contributed by atoms with Crippen LogP contribution in [0.1, 0.15) is 22.3 Å². The Morgan fingerprint density at radius 3 is 1.73 bits per heavy atom. The molecule has 0 radical (unpaired) electrons. The Labute approximate surface area is 352 Å². The third-order valence-corrected chi connectivity index (χ3v) is 10.1. The predicted octanol–water partition coefficient (Wildman–Crippen LogP) is 12.3. The fourth-order valence-corrected chi connectivity index (χ4v) is 6.78. The van der Waals surface area contributed by atoms with E-state index >= 15 is 0 Å². The maximum Gasteiger partial charge on any atom is 0.416 e. The van der Waals surface area contributed by atoms with Crippen LogP contribution in [0.15, 0.2) is 138 Å². The Bertz CT molecular complexity index is 2710. The lowest BCUT2D eigenvalue weighted by Crippen LogP contribution is -2.04. The molecule has 8 rings (SSSR count). The van der Waals surface area contributed by atoms with Crippen molar-refractivity contribution >= 4 is 22.9 Å². The van der Waals surface area contributed by atoms with E-state index in [4.69, 9.17) is 35.8 Å². The molecule has 0 atom stereocenters. The second-order valence-electron chi connectivity index (χ2n) is 13.1. The first-order valence-corrected chi connectivity index (χ1v) is 19.6. The van der Waals surface area contributed by atoms with Crippen molar-refractivity contribution < 1.29 is 32.1 Å². The van der Waals surface area contributed by atoms with E-state index in [1.807, 2.05) is 72.2 Å². The van der Waals surface area contributed by atoms with Gasteiger partial charge in [0.15, 0.2) is 0 Å². The SMILES string of the molecule is COc1cc(OCc2ccc(C#N)cc2)ccc1-c1cnc(-c2cccc(C(F)(F)F)c2)[nH]1.COc1cc(OCc2ccc(Cl)cc2)ccc1-c1cnc(-c2ccsc2)[nH]1. The number of aromatic nitrogens is 4. The first-order chi connectivity index (χ1) is 29.1. The van der Waals surface area contributed by atoms with Crippen molar-refractivity contribution in [1.29, 1.82) is 5.26 Å². The molecule has 0 saturated carbocycles. The van der Waals surface area contributed by atoms with E-state index in [1.165, 1.54) is 13.2 Å². The van der Waals surface area contributed by atoms with E-state index in [1.54, 1.807) is 61.0 Å². The number of halogens is 4. The summed E-state index contributed by atoms with van der Waals surface area (Å²) in [6, 6.07) is 34.9. The highest BCUT2D eigenvalue weighted by atomic mass is 35.5. The number of hydrogen-bond acceptors (Lipinski definition) is 8. The van der Waals surface area contributed by atoms with Gasteiger partial charge in [-0.25, -0.2) is 9.97 Å². The summed E-state index contributed by atoms with van der Waals surface area (Å²) in [4.78, 5) is 15.1. The summed E-state index contributed by atoms with van der Waals surface area (Å²) in [7, 11) is 3.17. The van der Waals surface area contributed by atoms with Crippen molar-refractivity contribution in [2.24, 2.45) is 0 Å². The van der Waals surface area contributed by atoms with Crippen molar-refractivity contribution in [2.75, 3.05) is 14.2 Å². The summed E-state index contributed by atoms with van der Waals surface area (Å²) in [5.74, 6) is 3.73. The maximum atomic E-state index is 13.0. The van der Waals surface area contributed by atoms with Gasteiger partial charge in [-0.1, -0.05) is 48.0 Å². The van der Waals surface area contributed by atoms with Gasteiger partial charge in [-0.3, -0.25) is 0 Å². The van der Waals surface area contributed by atoms with Gasteiger partial charge in [0.1, 0.15) is 47.9 Å². The van der Waals surface area contributed by atoms with Crippen LogP contribution in [0.2, 0.25) is 5.02 Å². The average molecular weight is 846 g/mol. The zero-order valence-corrected chi connectivity index (χ0v) is 33.7. The third-order valence-electron chi connectivity index (χ3n) is 9.14. The lowest BCUT2D eigenvalue weighted by atomic mass is 10.1. The predicted molar refractivity (Wildman–Crippen MR) is 226 cm³/mol. The quantitative estimate of drug-likeness (QED) is 0.126. The fraction of sp³-hybridized carbons (Fsp3) is 0.109. The molecule has 0 bridgehead atoms. The summed E-state index contributed by atoms with van der Waals surface area (Å²) >= 11 is 7.56. The Balaban J connectivity index is 0.000000185. The molecule has 0 unspecified atom stereocenters. The Morgan fingerprint density at radius 2 is 1.23 bits per heavy atom. The number of ether oxygens (including phenoxy) is 4. The molecule has 2 N–H and O–H groups in total. The largest absolute Gasteiger partial charge is 0.496 e. The molecule has 302 valence electrons. The number of hydrogen-bond donors (Lipinski definition) is 2.